The molecular formula is C11H6BrCl2N3. The molecular weight excluding hydrogens is 325 g/mol. The molecule has 86 valence electrons. The van der Waals surface area contributed by atoms with Gasteiger partial charge in [-0.2, -0.15) is 5.26 Å². The fourth-order valence-electron chi connectivity index (χ4n) is 1.39. The summed E-state index contributed by atoms with van der Waals surface area (Å²) in [6, 6.07) is 7.23. The second kappa shape index (κ2) is 5.09. The lowest BCUT2D eigenvalue weighted by Gasteiger charge is -2.00. The standard InChI is InChI=1S/C11H6BrCl2N3/c12-10-9(3-4-15)16-11(17-10)7-2-1-6(13)5-8(7)14/h1-2,5H,3H2,(H,16,17). The minimum Gasteiger partial charge on any atom is -0.340 e. The molecule has 0 fully saturated rings. The van der Waals surface area contributed by atoms with E-state index in [1.54, 1.807) is 18.2 Å². The number of nitriles is 1. The zero-order chi connectivity index (χ0) is 12.4. The van der Waals surface area contributed by atoms with E-state index in [2.05, 4.69) is 32.0 Å². The lowest BCUT2D eigenvalue weighted by molar-refractivity contribution is 1.15. The van der Waals surface area contributed by atoms with E-state index in [4.69, 9.17) is 28.5 Å². The smallest absolute Gasteiger partial charge is 0.140 e. The third-order valence-corrected chi connectivity index (χ3v) is 3.37. The van der Waals surface area contributed by atoms with Gasteiger partial charge in [-0.25, -0.2) is 4.98 Å². The van der Waals surface area contributed by atoms with Gasteiger partial charge in [0, 0.05) is 10.6 Å². The number of halogens is 3. The maximum atomic E-state index is 8.65. The summed E-state index contributed by atoms with van der Waals surface area (Å²) < 4.78 is 0.625. The largest absolute Gasteiger partial charge is 0.340 e. The minimum atomic E-state index is 0.263. The molecule has 0 bridgehead atoms. The molecule has 2 rings (SSSR count). The number of imidazole rings is 1. The van der Waals surface area contributed by atoms with Gasteiger partial charge in [-0.1, -0.05) is 23.2 Å². The first-order valence-corrected chi connectivity index (χ1v) is 6.23. The van der Waals surface area contributed by atoms with Crippen LogP contribution in [0.2, 0.25) is 10.0 Å². The molecule has 0 radical (unpaired) electrons. The highest BCUT2D eigenvalue weighted by atomic mass is 79.9. The molecule has 3 nitrogen and oxygen atoms in total. The first-order chi connectivity index (χ1) is 8.11. The first-order valence-electron chi connectivity index (χ1n) is 4.68. The predicted octanol–water partition coefficient (Wildman–Crippen LogP) is 4.21. The molecule has 6 heteroatoms. The maximum Gasteiger partial charge on any atom is 0.140 e. The average molecular weight is 331 g/mol. The van der Waals surface area contributed by atoms with Crippen molar-refractivity contribution in [2.45, 2.75) is 6.42 Å². The van der Waals surface area contributed by atoms with E-state index in [-0.39, 0.29) is 6.42 Å². The summed E-state index contributed by atoms with van der Waals surface area (Å²) in [7, 11) is 0. The summed E-state index contributed by atoms with van der Waals surface area (Å²) in [5.41, 5.74) is 1.48. The van der Waals surface area contributed by atoms with E-state index in [9.17, 15) is 0 Å². The molecule has 1 N–H and O–H groups in total. The fraction of sp³-hybridized carbons (Fsp3) is 0.0909. The number of nitrogens with zero attached hydrogens (tertiary/aromatic N) is 2. The van der Waals surface area contributed by atoms with Gasteiger partial charge in [-0.05, 0) is 34.1 Å². The fourth-order valence-corrected chi connectivity index (χ4v) is 2.31. The normalized spacial score (nSPS) is 10.2. The Hall–Kier alpha value is -1.02. The van der Waals surface area contributed by atoms with E-state index in [1.165, 1.54) is 0 Å². The molecule has 1 aromatic heterocycles. The summed E-state index contributed by atoms with van der Waals surface area (Å²) in [6.07, 6.45) is 0.263. The van der Waals surface area contributed by atoms with Crippen molar-refractivity contribution < 1.29 is 0 Å². The van der Waals surface area contributed by atoms with Gasteiger partial charge in [0.1, 0.15) is 10.4 Å². The van der Waals surface area contributed by atoms with Crippen molar-refractivity contribution in [1.82, 2.24) is 9.97 Å². The second-order valence-corrected chi connectivity index (χ2v) is 4.91. The van der Waals surface area contributed by atoms with Gasteiger partial charge >= 0.3 is 0 Å². The molecule has 17 heavy (non-hydrogen) atoms. The monoisotopic (exact) mass is 329 g/mol. The van der Waals surface area contributed by atoms with Gasteiger partial charge in [0.15, 0.2) is 0 Å². The van der Waals surface area contributed by atoms with Gasteiger partial charge in [-0.15, -0.1) is 0 Å². The molecule has 2 aromatic rings. The van der Waals surface area contributed by atoms with Gasteiger partial charge in [0.2, 0.25) is 0 Å². The predicted molar refractivity (Wildman–Crippen MR) is 71.1 cm³/mol. The molecule has 0 aliphatic heterocycles. The Morgan fingerprint density at radius 1 is 1.41 bits per heavy atom. The number of rotatable bonds is 2. The molecule has 0 saturated carbocycles. The average Bonchev–Trinajstić information content (AvgIpc) is 2.60. The number of aromatic nitrogens is 2. The van der Waals surface area contributed by atoms with E-state index >= 15 is 0 Å². The summed E-state index contributed by atoms with van der Waals surface area (Å²) >= 11 is 15.2. The van der Waals surface area contributed by atoms with Crippen LogP contribution < -0.4 is 0 Å². The number of aromatic amines is 1. The number of hydrogen-bond donors (Lipinski definition) is 1. The Morgan fingerprint density at radius 3 is 2.82 bits per heavy atom. The Morgan fingerprint density at radius 2 is 2.18 bits per heavy atom. The van der Waals surface area contributed by atoms with Crippen molar-refractivity contribution in [2.75, 3.05) is 0 Å². The first kappa shape index (κ1) is 12.4. The van der Waals surface area contributed by atoms with Crippen LogP contribution in [0.5, 0.6) is 0 Å². The van der Waals surface area contributed by atoms with Crippen LogP contribution >= 0.6 is 39.1 Å². The van der Waals surface area contributed by atoms with Crippen LogP contribution in [0.25, 0.3) is 11.4 Å². The van der Waals surface area contributed by atoms with Crippen molar-refractivity contribution in [3.05, 3.63) is 38.5 Å². The summed E-state index contributed by atoms with van der Waals surface area (Å²) in [6.45, 7) is 0. The molecule has 0 unspecified atom stereocenters. The van der Waals surface area contributed by atoms with Crippen LogP contribution in [-0.2, 0) is 6.42 Å². The van der Waals surface area contributed by atoms with Gasteiger partial charge < -0.3 is 4.98 Å². The molecule has 0 aliphatic carbocycles. The van der Waals surface area contributed by atoms with Crippen molar-refractivity contribution in [3.8, 4) is 17.5 Å². The van der Waals surface area contributed by atoms with Crippen LogP contribution in [0.3, 0.4) is 0 Å². The van der Waals surface area contributed by atoms with Crippen LogP contribution in [0.1, 0.15) is 5.69 Å². The van der Waals surface area contributed by atoms with E-state index in [0.717, 1.165) is 11.3 Å². The van der Waals surface area contributed by atoms with Crippen LogP contribution in [0.15, 0.2) is 22.8 Å². The van der Waals surface area contributed by atoms with E-state index < -0.39 is 0 Å². The Kier molecular flexibility index (Phi) is 3.72. The molecule has 0 saturated heterocycles. The second-order valence-electron chi connectivity index (χ2n) is 3.31. The summed E-state index contributed by atoms with van der Waals surface area (Å²) in [5, 5.41) is 9.74. The number of benzene rings is 1. The summed E-state index contributed by atoms with van der Waals surface area (Å²) in [5.74, 6) is 0.615. The Labute approximate surface area is 117 Å². The molecule has 0 atom stereocenters. The van der Waals surface area contributed by atoms with Crippen molar-refractivity contribution in [3.63, 3.8) is 0 Å². The highest BCUT2D eigenvalue weighted by Crippen LogP contribution is 2.30. The SMILES string of the molecule is N#CCc1[nH]c(-c2ccc(Cl)cc2Cl)nc1Br. The van der Waals surface area contributed by atoms with Crippen LogP contribution in [0, 0.1) is 11.3 Å². The number of hydrogen-bond acceptors (Lipinski definition) is 2. The topological polar surface area (TPSA) is 52.5 Å². The zero-order valence-corrected chi connectivity index (χ0v) is 11.6. The van der Waals surface area contributed by atoms with Gasteiger partial charge in [0.05, 0.1) is 23.2 Å². The van der Waals surface area contributed by atoms with Crippen molar-refractivity contribution in [2.24, 2.45) is 0 Å². The highest BCUT2D eigenvalue weighted by Gasteiger charge is 2.12. The highest BCUT2D eigenvalue weighted by molar-refractivity contribution is 9.10. The van der Waals surface area contributed by atoms with E-state index in [1.807, 2.05) is 0 Å². The van der Waals surface area contributed by atoms with Crippen LogP contribution in [0.4, 0.5) is 0 Å². The number of H-pyrrole nitrogens is 1. The quantitative estimate of drug-likeness (QED) is 0.896. The Balaban J connectivity index is 2.47. The Bertz CT molecular complexity index is 601. The molecule has 1 heterocycles. The molecule has 1 aromatic carbocycles. The summed E-state index contributed by atoms with van der Waals surface area (Å²) in [4.78, 5) is 7.32. The van der Waals surface area contributed by atoms with Crippen molar-refractivity contribution in [1.29, 1.82) is 5.26 Å². The molecule has 0 amide bonds. The molecule has 0 aliphatic rings. The third kappa shape index (κ3) is 2.63. The van der Waals surface area contributed by atoms with Crippen LogP contribution in [-0.4, -0.2) is 9.97 Å². The van der Waals surface area contributed by atoms with Gasteiger partial charge in [-0.3, -0.25) is 0 Å². The minimum absolute atomic E-state index is 0.263. The molecule has 0 spiro atoms. The third-order valence-electron chi connectivity index (χ3n) is 2.17. The van der Waals surface area contributed by atoms with Gasteiger partial charge in [0.25, 0.3) is 0 Å². The van der Waals surface area contributed by atoms with Crippen molar-refractivity contribution >= 4 is 39.1 Å². The lowest BCUT2D eigenvalue weighted by Crippen LogP contribution is -1.84. The van der Waals surface area contributed by atoms with E-state index in [0.29, 0.717) is 20.5 Å². The number of nitrogens with one attached hydrogen (secondary N) is 1. The zero-order valence-electron chi connectivity index (χ0n) is 8.47. The maximum absolute atomic E-state index is 8.65. The lowest BCUT2D eigenvalue weighted by atomic mass is 10.2.